The minimum atomic E-state index is -0.681. The molecule has 1 atom stereocenters. The molecule has 6 heteroatoms. The normalized spacial score (nSPS) is 28.5. The number of carbonyl (C=O) groups is 1. The van der Waals surface area contributed by atoms with Crippen LogP contribution in [0.1, 0.15) is 37.6 Å². The molecule has 2 saturated heterocycles. The van der Waals surface area contributed by atoms with Crippen molar-refractivity contribution in [2.45, 2.75) is 56.7 Å². The minimum Gasteiger partial charge on any atom is -0.465 e. The summed E-state index contributed by atoms with van der Waals surface area (Å²) >= 11 is 0. The maximum atomic E-state index is 12.7. The molecule has 1 aromatic carbocycles. The van der Waals surface area contributed by atoms with Crippen molar-refractivity contribution in [3.63, 3.8) is 0 Å². The largest absolute Gasteiger partial charge is 0.465 e. The lowest BCUT2D eigenvalue weighted by atomic mass is 9.79. The SMILES string of the molecule is CCOC(=O)C1(c2ccc3nc(CC4CC[SiH](C)CC4)[nH]c3c2)CCOC1. The summed E-state index contributed by atoms with van der Waals surface area (Å²) in [5.41, 5.74) is 2.28. The van der Waals surface area contributed by atoms with Gasteiger partial charge in [-0.3, -0.25) is 4.79 Å². The smallest absolute Gasteiger partial charge is 0.319 e. The number of hydrogen-bond acceptors (Lipinski definition) is 4. The molecule has 0 spiro atoms. The Morgan fingerprint density at radius 1 is 1.41 bits per heavy atom. The van der Waals surface area contributed by atoms with Gasteiger partial charge in [0.05, 0.1) is 24.2 Å². The van der Waals surface area contributed by atoms with Crippen LogP contribution in [0.15, 0.2) is 18.2 Å². The lowest BCUT2D eigenvalue weighted by molar-refractivity contribution is -0.150. The van der Waals surface area contributed by atoms with E-state index in [1.807, 2.05) is 19.1 Å². The molecule has 1 aromatic heterocycles. The Hall–Kier alpha value is -1.66. The van der Waals surface area contributed by atoms with Crippen LogP contribution in [0, 0.1) is 5.92 Å². The second-order valence-corrected chi connectivity index (χ2v) is 11.7. The van der Waals surface area contributed by atoms with E-state index in [4.69, 9.17) is 14.5 Å². The number of hydrogen-bond donors (Lipinski definition) is 1. The first-order valence-electron chi connectivity index (χ1n) is 10.3. The molecule has 27 heavy (non-hydrogen) atoms. The van der Waals surface area contributed by atoms with Gasteiger partial charge in [-0.15, -0.1) is 0 Å². The maximum Gasteiger partial charge on any atom is 0.319 e. The van der Waals surface area contributed by atoms with Gasteiger partial charge in [0, 0.05) is 21.8 Å². The molecule has 146 valence electrons. The Bertz CT molecular complexity index is 805. The first-order chi connectivity index (χ1) is 13.1. The summed E-state index contributed by atoms with van der Waals surface area (Å²) in [5, 5.41) is 0. The van der Waals surface area contributed by atoms with Crippen LogP contribution in [-0.4, -0.2) is 44.6 Å². The summed E-state index contributed by atoms with van der Waals surface area (Å²) in [5.74, 6) is 1.67. The molecule has 2 aromatic rings. The van der Waals surface area contributed by atoms with Gasteiger partial charge >= 0.3 is 5.97 Å². The van der Waals surface area contributed by atoms with Gasteiger partial charge in [0.2, 0.25) is 0 Å². The van der Waals surface area contributed by atoms with Crippen LogP contribution in [0.2, 0.25) is 18.6 Å². The molecule has 0 bridgehead atoms. The third-order valence-corrected chi connectivity index (χ3v) is 9.03. The van der Waals surface area contributed by atoms with E-state index < -0.39 is 14.2 Å². The van der Waals surface area contributed by atoms with Crippen molar-refractivity contribution >= 4 is 25.8 Å². The first kappa shape index (κ1) is 18.7. The summed E-state index contributed by atoms with van der Waals surface area (Å²) in [6, 6.07) is 9.06. The Balaban J connectivity index is 1.57. The molecule has 0 saturated carbocycles. The van der Waals surface area contributed by atoms with E-state index in [-0.39, 0.29) is 5.97 Å². The quantitative estimate of drug-likeness (QED) is 0.630. The summed E-state index contributed by atoms with van der Waals surface area (Å²) in [6.45, 7) is 5.71. The van der Waals surface area contributed by atoms with Gasteiger partial charge in [-0.25, -0.2) is 4.98 Å². The van der Waals surface area contributed by atoms with Gasteiger partial charge in [0.15, 0.2) is 0 Å². The highest BCUT2D eigenvalue weighted by molar-refractivity contribution is 6.57. The number of ether oxygens (including phenoxy) is 2. The summed E-state index contributed by atoms with van der Waals surface area (Å²) in [4.78, 5) is 21.0. The zero-order valence-electron chi connectivity index (χ0n) is 16.4. The Labute approximate surface area is 162 Å². The van der Waals surface area contributed by atoms with Crippen molar-refractivity contribution in [1.82, 2.24) is 9.97 Å². The van der Waals surface area contributed by atoms with Crippen molar-refractivity contribution in [1.29, 1.82) is 0 Å². The van der Waals surface area contributed by atoms with Crippen LogP contribution >= 0.6 is 0 Å². The molecule has 2 fully saturated rings. The van der Waals surface area contributed by atoms with Crippen LogP contribution in [0.5, 0.6) is 0 Å². The first-order valence-corrected chi connectivity index (χ1v) is 13.1. The van der Waals surface area contributed by atoms with E-state index in [0.717, 1.165) is 34.8 Å². The summed E-state index contributed by atoms with van der Waals surface area (Å²) in [6.07, 6.45) is 4.43. The number of esters is 1. The number of aromatic nitrogens is 2. The van der Waals surface area contributed by atoms with Crippen molar-refractivity contribution in [3.05, 3.63) is 29.6 Å². The molecule has 4 rings (SSSR count). The van der Waals surface area contributed by atoms with Crippen LogP contribution in [0.4, 0.5) is 0 Å². The Morgan fingerprint density at radius 3 is 2.93 bits per heavy atom. The standard InChI is InChI=1S/C21H30N2O3Si/c1-3-26-20(24)21(8-9-25-14-21)16-4-5-17-18(13-16)23-19(22-17)12-15-6-10-27(2)11-7-15/h4-5,13,15,27H,3,6-12,14H2,1-2H3,(H,22,23). The zero-order chi connectivity index (χ0) is 18.9. The van der Waals surface area contributed by atoms with Crippen LogP contribution in [0.3, 0.4) is 0 Å². The molecule has 2 aliphatic heterocycles. The van der Waals surface area contributed by atoms with E-state index in [1.54, 1.807) is 0 Å². The molecule has 0 radical (unpaired) electrons. The number of nitrogens with zero attached hydrogens (tertiary/aromatic N) is 1. The van der Waals surface area contributed by atoms with Gasteiger partial charge < -0.3 is 14.5 Å². The second kappa shape index (κ2) is 7.76. The van der Waals surface area contributed by atoms with Crippen LogP contribution in [-0.2, 0) is 26.1 Å². The molecule has 2 aliphatic rings. The molecule has 0 amide bonds. The maximum absolute atomic E-state index is 12.7. The molecule has 0 aliphatic carbocycles. The third kappa shape index (κ3) is 3.69. The van der Waals surface area contributed by atoms with Crippen molar-refractivity contribution in [2.24, 2.45) is 5.92 Å². The molecule has 1 N–H and O–H groups in total. The third-order valence-electron chi connectivity index (χ3n) is 6.39. The molecule has 1 unspecified atom stereocenters. The highest BCUT2D eigenvalue weighted by atomic mass is 28.3. The summed E-state index contributed by atoms with van der Waals surface area (Å²) in [7, 11) is -0.400. The van der Waals surface area contributed by atoms with Gasteiger partial charge in [-0.05, 0) is 37.0 Å². The highest BCUT2D eigenvalue weighted by Gasteiger charge is 2.45. The van der Waals surface area contributed by atoms with E-state index in [9.17, 15) is 4.79 Å². The fraction of sp³-hybridized carbons (Fsp3) is 0.619. The number of H-pyrrole nitrogens is 1. The Kier molecular flexibility index (Phi) is 5.37. The second-order valence-electron chi connectivity index (χ2n) is 8.35. The van der Waals surface area contributed by atoms with Gasteiger partial charge in [0.25, 0.3) is 0 Å². The fourth-order valence-electron chi connectivity index (χ4n) is 4.60. The number of benzene rings is 1. The number of nitrogens with one attached hydrogen (secondary N) is 1. The zero-order valence-corrected chi connectivity index (χ0v) is 17.6. The number of imidazole rings is 1. The van der Waals surface area contributed by atoms with E-state index in [1.165, 1.54) is 24.9 Å². The van der Waals surface area contributed by atoms with Gasteiger partial charge in [-0.1, -0.05) is 37.5 Å². The van der Waals surface area contributed by atoms with E-state index in [0.29, 0.717) is 26.2 Å². The molecule has 3 heterocycles. The minimum absolute atomic E-state index is 0.179. The predicted octanol–water partition coefficient (Wildman–Crippen LogP) is 3.59. The molecular weight excluding hydrogens is 356 g/mol. The van der Waals surface area contributed by atoms with Crippen LogP contribution < -0.4 is 0 Å². The summed E-state index contributed by atoms with van der Waals surface area (Å²) < 4.78 is 11.0. The average molecular weight is 387 g/mol. The van der Waals surface area contributed by atoms with Gasteiger partial charge in [-0.2, -0.15) is 0 Å². The van der Waals surface area contributed by atoms with Crippen molar-refractivity contribution in [2.75, 3.05) is 19.8 Å². The number of fused-ring (bicyclic) bond motifs is 1. The van der Waals surface area contributed by atoms with Gasteiger partial charge in [0.1, 0.15) is 11.2 Å². The number of aromatic amines is 1. The number of carbonyl (C=O) groups excluding carboxylic acids is 1. The highest BCUT2D eigenvalue weighted by Crippen LogP contribution is 2.36. The predicted molar refractivity (Wildman–Crippen MR) is 109 cm³/mol. The van der Waals surface area contributed by atoms with E-state index in [2.05, 4.69) is 17.6 Å². The fourth-order valence-corrected chi connectivity index (χ4v) is 6.97. The lowest BCUT2D eigenvalue weighted by Gasteiger charge is -2.25. The molecular formula is C21H30N2O3Si. The van der Waals surface area contributed by atoms with Crippen molar-refractivity contribution in [3.8, 4) is 0 Å². The Morgan fingerprint density at radius 2 is 2.22 bits per heavy atom. The average Bonchev–Trinajstić information content (AvgIpc) is 3.30. The monoisotopic (exact) mass is 386 g/mol. The van der Waals surface area contributed by atoms with Crippen molar-refractivity contribution < 1.29 is 14.3 Å². The van der Waals surface area contributed by atoms with Crippen LogP contribution in [0.25, 0.3) is 11.0 Å². The topological polar surface area (TPSA) is 64.2 Å². The molecule has 5 nitrogen and oxygen atoms in total. The number of rotatable bonds is 5. The lowest BCUT2D eigenvalue weighted by Crippen LogP contribution is -2.38. The van der Waals surface area contributed by atoms with E-state index >= 15 is 0 Å².